The lowest BCUT2D eigenvalue weighted by atomic mass is 10.1. The van der Waals surface area contributed by atoms with Crippen molar-refractivity contribution in [1.82, 2.24) is 10.2 Å². The molecule has 104 valence electrons. The quantitative estimate of drug-likeness (QED) is 0.897. The number of amides is 1. The second-order valence-corrected chi connectivity index (χ2v) is 4.76. The Labute approximate surface area is 112 Å². The van der Waals surface area contributed by atoms with Crippen molar-refractivity contribution in [1.29, 1.82) is 0 Å². The van der Waals surface area contributed by atoms with Gasteiger partial charge in [-0.1, -0.05) is 12.1 Å². The third-order valence-electron chi connectivity index (χ3n) is 3.50. The second kappa shape index (κ2) is 6.12. The van der Waals surface area contributed by atoms with Gasteiger partial charge in [-0.25, -0.2) is 4.39 Å². The Hall–Kier alpha value is -1.46. The number of morpholine rings is 1. The number of nitrogens with zero attached hydrogens (tertiary/aromatic N) is 1. The first-order chi connectivity index (χ1) is 9.09. The summed E-state index contributed by atoms with van der Waals surface area (Å²) >= 11 is 0. The molecular formula is C14H19FN2O2. The topological polar surface area (TPSA) is 41.6 Å². The normalized spacial score (nSPS) is 20.9. The van der Waals surface area contributed by atoms with Gasteiger partial charge >= 0.3 is 0 Å². The minimum atomic E-state index is -0.290. The van der Waals surface area contributed by atoms with Gasteiger partial charge in [-0.3, -0.25) is 4.79 Å². The maximum absolute atomic E-state index is 12.9. The highest BCUT2D eigenvalue weighted by Crippen LogP contribution is 2.20. The van der Waals surface area contributed by atoms with Crippen LogP contribution in [-0.4, -0.2) is 43.7 Å². The molecular weight excluding hydrogens is 247 g/mol. The van der Waals surface area contributed by atoms with Crippen LogP contribution in [0.3, 0.4) is 0 Å². The number of rotatable bonds is 3. The second-order valence-electron chi connectivity index (χ2n) is 4.76. The molecule has 0 aromatic heterocycles. The summed E-state index contributed by atoms with van der Waals surface area (Å²) in [5.74, 6) is -0.274. The smallest absolute Gasteiger partial charge is 0.242 e. The van der Waals surface area contributed by atoms with E-state index in [9.17, 15) is 9.18 Å². The van der Waals surface area contributed by atoms with Crippen LogP contribution in [0.2, 0.25) is 0 Å². The lowest BCUT2D eigenvalue weighted by molar-refractivity contribution is -0.137. The highest BCUT2D eigenvalue weighted by Gasteiger charge is 2.27. The van der Waals surface area contributed by atoms with Gasteiger partial charge in [0.05, 0.1) is 19.3 Å². The lowest BCUT2D eigenvalue weighted by Gasteiger charge is -2.31. The predicted molar refractivity (Wildman–Crippen MR) is 70.2 cm³/mol. The van der Waals surface area contributed by atoms with E-state index >= 15 is 0 Å². The number of carbonyl (C=O) groups excluding carboxylic acids is 1. The van der Waals surface area contributed by atoms with E-state index < -0.39 is 0 Å². The minimum Gasteiger partial charge on any atom is -0.378 e. The number of ether oxygens (including phenoxy) is 1. The number of likely N-dealkylation sites (N-methyl/N-ethyl adjacent to an activating group) is 1. The van der Waals surface area contributed by atoms with E-state index in [1.807, 2.05) is 6.92 Å². The summed E-state index contributed by atoms with van der Waals surface area (Å²) in [6.45, 7) is 3.66. The molecule has 2 rings (SSSR count). The van der Waals surface area contributed by atoms with Crippen molar-refractivity contribution in [2.45, 2.75) is 19.0 Å². The molecule has 1 amide bonds. The molecule has 0 spiro atoms. The van der Waals surface area contributed by atoms with E-state index in [0.29, 0.717) is 19.8 Å². The molecule has 1 aliphatic heterocycles. The Morgan fingerprint density at radius 3 is 2.74 bits per heavy atom. The van der Waals surface area contributed by atoms with E-state index in [1.54, 1.807) is 24.1 Å². The monoisotopic (exact) mass is 266 g/mol. The molecule has 1 saturated heterocycles. The Morgan fingerprint density at radius 1 is 1.47 bits per heavy atom. The number of hydrogen-bond acceptors (Lipinski definition) is 3. The third kappa shape index (κ3) is 3.30. The average molecular weight is 266 g/mol. The Morgan fingerprint density at radius 2 is 2.16 bits per heavy atom. The van der Waals surface area contributed by atoms with E-state index in [4.69, 9.17) is 4.74 Å². The van der Waals surface area contributed by atoms with Crippen LogP contribution >= 0.6 is 0 Å². The van der Waals surface area contributed by atoms with Crippen molar-refractivity contribution in [3.63, 3.8) is 0 Å². The van der Waals surface area contributed by atoms with Crippen molar-refractivity contribution in [3.05, 3.63) is 35.6 Å². The van der Waals surface area contributed by atoms with Crippen LogP contribution in [0.25, 0.3) is 0 Å². The van der Waals surface area contributed by atoms with Crippen molar-refractivity contribution in [3.8, 4) is 0 Å². The molecule has 1 aromatic rings. The number of nitrogens with one attached hydrogen (secondary N) is 1. The van der Waals surface area contributed by atoms with Crippen molar-refractivity contribution in [2.75, 3.05) is 26.8 Å². The SMILES string of the molecule is CC(c1ccc(F)cc1)N(C)C(=O)C1COCCN1. The number of benzene rings is 1. The minimum absolute atomic E-state index is 0.00322. The van der Waals surface area contributed by atoms with Gasteiger partial charge in [0, 0.05) is 13.6 Å². The molecule has 0 radical (unpaired) electrons. The van der Waals surface area contributed by atoms with Gasteiger partial charge in [-0.05, 0) is 24.6 Å². The highest BCUT2D eigenvalue weighted by molar-refractivity contribution is 5.82. The molecule has 1 aromatic carbocycles. The number of hydrogen-bond donors (Lipinski definition) is 1. The summed E-state index contributed by atoms with van der Waals surface area (Å²) in [6, 6.07) is 5.83. The molecule has 0 saturated carbocycles. The Kier molecular flexibility index (Phi) is 4.50. The maximum Gasteiger partial charge on any atom is 0.242 e. The first-order valence-corrected chi connectivity index (χ1v) is 6.43. The zero-order valence-electron chi connectivity index (χ0n) is 11.2. The zero-order valence-corrected chi connectivity index (χ0v) is 11.2. The van der Waals surface area contributed by atoms with Crippen LogP contribution in [0.5, 0.6) is 0 Å². The van der Waals surface area contributed by atoms with Gasteiger partial charge in [0.2, 0.25) is 5.91 Å². The standard InChI is InChI=1S/C14H19FN2O2/c1-10(11-3-5-12(15)6-4-11)17(2)14(18)13-9-19-8-7-16-13/h3-6,10,13,16H,7-9H2,1-2H3. The fraction of sp³-hybridized carbons (Fsp3) is 0.500. The van der Waals surface area contributed by atoms with E-state index in [2.05, 4.69) is 5.32 Å². The molecule has 0 bridgehead atoms. The fourth-order valence-corrected chi connectivity index (χ4v) is 2.13. The molecule has 4 nitrogen and oxygen atoms in total. The van der Waals surface area contributed by atoms with Gasteiger partial charge < -0.3 is 15.0 Å². The molecule has 19 heavy (non-hydrogen) atoms. The summed E-state index contributed by atoms with van der Waals surface area (Å²) in [5, 5.41) is 3.14. The average Bonchev–Trinajstić information content (AvgIpc) is 2.46. The number of carbonyl (C=O) groups is 1. The van der Waals surface area contributed by atoms with Gasteiger partial charge in [0.1, 0.15) is 11.9 Å². The van der Waals surface area contributed by atoms with Crippen LogP contribution in [-0.2, 0) is 9.53 Å². The van der Waals surface area contributed by atoms with E-state index in [0.717, 1.165) is 5.56 Å². The molecule has 1 N–H and O–H groups in total. The van der Waals surface area contributed by atoms with Gasteiger partial charge in [0.25, 0.3) is 0 Å². The van der Waals surface area contributed by atoms with Gasteiger partial charge in [0.15, 0.2) is 0 Å². The molecule has 5 heteroatoms. The van der Waals surface area contributed by atoms with Crippen LogP contribution in [0, 0.1) is 5.82 Å². The largest absolute Gasteiger partial charge is 0.378 e. The molecule has 1 heterocycles. The van der Waals surface area contributed by atoms with Crippen LogP contribution in [0.4, 0.5) is 4.39 Å². The molecule has 1 aliphatic rings. The summed E-state index contributed by atoms with van der Waals surface area (Å²) in [4.78, 5) is 14.0. The van der Waals surface area contributed by atoms with Crippen LogP contribution < -0.4 is 5.32 Å². The van der Waals surface area contributed by atoms with E-state index in [1.165, 1.54) is 12.1 Å². The highest BCUT2D eigenvalue weighted by atomic mass is 19.1. The van der Waals surface area contributed by atoms with Crippen LogP contribution in [0.1, 0.15) is 18.5 Å². The summed E-state index contributed by atoms with van der Waals surface area (Å²) in [6.07, 6.45) is 0. The lowest BCUT2D eigenvalue weighted by Crippen LogP contribution is -2.52. The molecule has 2 unspecified atom stereocenters. The Balaban J connectivity index is 2.03. The van der Waals surface area contributed by atoms with Crippen molar-refractivity contribution in [2.24, 2.45) is 0 Å². The summed E-state index contributed by atoms with van der Waals surface area (Å²) in [5.41, 5.74) is 0.911. The number of halogens is 1. The summed E-state index contributed by atoms with van der Waals surface area (Å²) in [7, 11) is 1.76. The van der Waals surface area contributed by atoms with Gasteiger partial charge in [-0.15, -0.1) is 0 Å². The predicted octanol–water partition coefficient (Wildman–Crippen LogP) is 1.33. The third-order valence-corrected chi connectivity index (χ3v) is 3.50. The molecule has 0 aliphatic carbocycles. The molecule has 2 atom stereocenters. The van der Waals surface area contributed by atoms with Crippen molar-refractivity contribution < 1.29 is 13.9 Å². The fourth-order valence-electron chi connectivity index (χ4n) is 2.13. The van der Waals surface area contributed by atoms with E-state index in [-0.39, 0.29) is 23.8 Å². The summed E-state index contributed by atoms with van der Waals surface area (Å²) < 4.78 is 18.2. The Bertz CT molecular complexity index is 430. The maximum atomic E-state index is 12.9. The first-order valence-electron chi connectivity index (χ1n) is 6.43. The van der Waals surface area contributed by atoms with Crippen LogP contribution in [0.15, 0.2) is 24.3 Å². The van der Waals surface area contributed by atoms with Crippen molar-refractivity contribution >= 4 is 5.91 Å². The van der Waals surface area contributed by atoms with Gasteiger partial charge in [-0.2, -0.15) is 0 Å². The zero-order chi connectivity index (χ0) is 13.8. The molecule has 1 fully saturated rings. The first kappa shape index (κ1) is 14.0.